The Kier molecular flexibility index (Phi) is 3.31. The first-order valence-corrected chi connectivity index (χ1v) is 5.10. The van der Waals surface area contributed by atoms with E-state index < -0.39 is 0 Å². The quantitative estimate of drug-likeness (QED) is 0.670. The van der Waals surface area contributed by atoms with Crippen molar-refractivity contribution in [3.63, 3.8) is 0 Å². The second-order valence-corrected chi connectivity index (χ2v) is 4.31. The molecule has 1 aliphatic carbocycles. The van der Waals surface area contributed by atoms with Crippen LogP contribution < -0.4 is 11.1 Å². The molecule has 3 heteroatoms. The molecule has 0 aromatic rings. The van der Waals surface area contributed by atoms with Gasteiger partial charge in [-0.05, 0) is 31.6 Å². The molecule has 0 heterocycles. The third-order valence-corrected chi connectivity index (χ3v) is 2.88. The Morgan fingerprint density at radius 3 is 2.62 bits per heavy atom. The second kappa shape index (κ2) is 4.09. The van der Waals surface area contributed by atoms with E-state index in [-0.39, 0.29) is 11.9 Å². The minimum Gasteiger partial charge on any atom is -0.355 e. The van der Waals surface area contributed by atoms with Crippen LogP contribution >= 0.6 is 0 Å². The molecule has 3 N–H and O–H groups in total. The van der Waals surface area contributed by atoms with Crippen LogP contribution in [0.25, 0.3) is 0 Å². The van der Waals surface area contributed by atoms with E-state index in [4.69, 9.17) is 5.73 Å². The van der Waals surface area contributed by atoms with Crippen LogP contribution in [0, 0.1) is 5.41 Å². The highest BCUT2D eigenvalue weighted by Crippen LogP contribution is 2.47. The van der Waals surface area contributed by atoms with Crippen molar-refractivity contribution >= 4 is 5.91 Å². The molecule has 1 saturated carbocycles. The predicted molar refractivity (Wildman–Crippen MR) is 53.2 cm³/mol. The Morgan fingerprint density at radius 2 is 2.23 bits per heavy atom. The lowest BCUT2D eigenvalue weighted by atomic mass is 10.0. The molecular formula is C10H20N2O. The second-order valence-electron chi connectivity index (χ2n) is 4.31. The summed E-state index contributed by atoms with van der Waals surface area (Å²) >= 11 is 0. The summed E-state index contributed by atoms with van der Waals surface area (Å²) in [5, 5.41) is 2.95. The monoisotopic (exact) mass is 184 g/mol. The summed E-state index contributed by atoms with van der Waals surface area (Å²) in [6, 6.07) is -0.0308. The molecule has 1 aliphatic rings. The van der Waals surface area contributed by atoms with Gasteiger partial charge in [-0.25, -0.2) is 0 Å². The fourth-order valence-corrected chi connectivity index (χ4v) is 1.48. The number of nitrogens with one attached hydrogen (secondary N) is 1. The van der Waals surface area contributed by atoms with E-state index in [0.29, 0.717) is 11.8 Å². The molecule has 13 heavy (non-hydrogen) atoms. The van der Waals surface area contributed by atoms with E-state index in [1.54, 1.807) is 0 Å². The van der Waals surface area contributed by atoms with Gasteiger partial charge in [0.05, 0.1) is 0 Å². The van der Waals surface area contributed by atoms with E-state index in [1.165, 1.54) is 19.3 Å². The molecule has 1 rings (SSSR count). The van der Waals surface area contributed by atoms with Crippen LogP contribution in [0.5, 0.6) is 0 Å². The normalized spacial score (nSPS) is 20.8. The number of amides is 1. The maximum atomic E-state index is 11.3. The number of hydrogen-bond acceptors (Lipinski definition) is 2. The summed E-state index contributed by atoms with van der Waals surface area (Å²) in [4.78, 5) is 11.3. The summed E-state index contributed by atoms with van der Waals surface area (Å²) in [6.45, 7) is 4.88. The van der Waals surface area contributed by atoms with E-state index in [1.807, 2.05) is 6.92 Å². The topological polar surface area (TPSA) is 55.1 Å². The summed E-state index contributed by atoms with van der Waals surface area (Å²) in [5.41, 5.74) is 5.96. The van der Waals surface area contributed by atoms with Crippen LogP contribution in [0.1, 0.15) is 39.5 Å². The van der Waals surface area contributed by atoms with Gasteiger partial charge in [0, 0.05) is 19.0 Å². The van der Waals surface area contributed by atoms with E-state index in [9.17, 15) is 4.79 Å². The lowest BCUT2D eigenvalue weighted by Gasteiger charge is -2.13. The number of carbonyl (C=O) groups is 1. The van der Waals surface area contributed by atoms with Crippen molar-refractivity contribution in [3.05, 3.63) is 0 Å². The first kappa shape index (κ1) is 10.5. The van der Waals surface area contributed by atoms with Gasteiger partial charge >= 0.3 is 0 Å². The molecule has 3 nitrogen and oxygen atoms in total. The van der Waals surface area contributed by atoms with Gasteiger partial charge in [0.2, 0.25) is 5.91 Å². The molecule has 0 aromatic heterocycles. The van der Waals surface area contributed by atoms with E-state index in [0.717, 1.165) is 6.54 Å². The summed E-state index contributed by atoms with van der Waals surface area (Å²) in [6.07, 6.45) is 4.15. The molecule has 0 aliphatic heterocycles. The van der Waals surface area contributed by atoms with Crippen LogP contribution in [0.15, 0.2) is 0 Å². The van der Waals surface area contributed by atoms with Crippen LogP contribution in [-0.2, 0) is 4.79 Å². The Hall–Kier alpha value is -0.570. The fourth-order valence-electron chi connectivity index (χ4n) is 1.48. The molecule has 0 saturated heterocycles. The smallest absolute Gasteiger partial charge is 0.221 e. The third kappa shape index (κ3) is 3.35. The predicted octanol–water partition coefficient (Wildman–Crippen LogP) is 1.03. The van der Waals surface area contributed by atoms with Crippen LogP contribution in [0.3, 0.4) is 0 Å². The van der Waals surface area contributed by atoms with Crippen molar-refractivity contribution in [2.24, 2.45) is 11.1 Å². The first-order valence-electron chi connectivity index (χ1n) is 5.10. The van der Waals surface area contributed by atoms with Crippen molar-refractivity contribution in [1.29, 1.82) is 0 Å². The fraction of sp³-hybridized carbons (Fsp3) is 0.900. The minimum absolute atomic E-state index is 0.0308. The Morgan fingerprint density at radius 1 is 1.62 bits per heavy atom. The Bertz CT molecular complexity index is 185. The van der Waals surface area contributed by atoms with E-state index >= 15 is 0 Å². The number of rotatable bonds is 5. The molecular weight excluding hydrogens is 164 g/mol. The standard InChI is InChI=1S/C10H20N2O/c1-3-10(4-5-10)7-12-9(13)6-8(2)11/h8H,3-7,11H2,1-2H3,(H,12,13). The molecule has 76 valence electrons. The van der Waals surface area contributed by atoms with Crippen molar-refractivity contribution < 1.29 is 4.79 Å². The van der Waals surface area contributed by atoms with Gasteiger partial charge in [0.1, 0.15) is 0 Å². The maximum Gasteiger partial charge on any atom is 0.221 e. The average molecular weight is 184 g/mol. The highest BCUT2D eigenvalue weighted by Gasteiger charge is 2.40. The third-order valence-electron chi connectivity index (χ3n) is 2.88. The molecule has 0 aromatic carbocycles. The van der Waals surface area contributed by atoms with Crippen molar-refractivity contribution in [2.45, 2.75) is 45.6 Å². The van der Waals surface area contributed by atoms with Crippen molar-refractivity contribution in [1.82, 2.24) is 5.32 Å². The molecule has 1 unspecified atom stereocenters. The molecule has 0 radical (unpaired) electrons. The zero-order valence-corrected chi connectivity index (χ0v) is 8.60. The summed E-state index contributed by atoms with van der Waals surface area (Å²) in [7, 11) is 0. The summed E-state index contributed by atoms with van der Waals surface area (Å²) < 4.78 is 0. The van der Waals surface area contributed by atoms with Gasteiger partial charge in [-0.15, -0.1) is 0 Å². The first-order chi connectivity index (χ1) is 6.08. The maximum absolute atomic E-state index is 11.3. The van der Waals surface area contributed by atoms with Crippen molar-refractivity contribution in [3.8, 4) is 0 Å². The SMILES string of the molecule is CCC1(CNC(=O)CC(C)N)CC1. The summed E-state index contributed by atoms with van der Waals surface area (Å²) in [5.74, 6) is 0.0923. The largest absolute Gasteiger partial charge is 0.355 e. The van der Waals surface area contributed by atoms with Crippen LogP contribution in [0.4, 0.5) is 0 Å². The highest BCUT2D eigenvalue weighted by molar-refractivity contribution is 5.76. The van der Waals surface area contributed by atoms with Gasteiger partial charge in [-0.1, -0.05) is 6.92 Å². The van der Waals surface area contributed by atoms with Gasteiger partial charge in [0.15, 0.2) is 0 Å². The minimum atomic E-state index is -0.0308. The average Bonchev–Trinajstić information content (AvgIpc) is 2.80. The highest BCUT2D eigenvalue weighted by atomic mass is 16.1. The lowest BCUT2D eigenvalue weighted by molar-refractivity contribution is -0.121. The molecule has 0 spiro atoms. The van der Waals surface area contributed by atoms with Crippen LogP contribution in [0.2, 0.25) is 0 Å². The van der Waals surface area contributed by atoms with Gasteiger partial charge in [-0.3, -0.25) is 4.79 Å². The molecule has 1 amide bonds. The Balaban J connectivity index is 2.15. The zero-order chi connectivity index (χ0) is 9.90. The number of hydrogen-bond donors (Lipinski definition) is 2. The molecule has 1 fully saturated rings. The van der Waals surface area contributed by atoms with E-state index in [2.05, 4.69) is 12.2 Å². The van der Waals surface area contributed by atoms with Gasteiger partial charge in [0.25, 0.3) is 0 Å². The lowest BCUT2D eigenvalue weighted by Crippen LogP contribution is -2.33. The number of nitrogens with two attached hydrogens (primary N) is 1. The van der Waals surface area contributed by atoms with Crippen LogP contribution in [-0.4, -0.2) is 18.5 Å². The van der Waals surface area contributed by atoms with Gasteiger partial charge in [-0.2, -0.15) is 0 Å². The van der Waals surface area contributed by atoms with Gasteiger partial charge < -0.3 is 11.1 Å². The zero-order valence-electron chi connectivity index (χ0n) is 8.60. The Labute approximate surface area is 80.1 Å². The molecule has 0 bridgehead atoms. The molecule has 1 atom stereocenters. The number of carbonyl (C=O) groups excluding carboxylic acids is 1. The van der Waals surface area contributed by atoms with Crippen molar-refractivity contribution in [2.75, 3.05) is 6.54 Å².